The van der Waals surface area contributed by atoms with E-state index in [1.54, 1.807) is 43.6 Å². The van der Waals surface area contributed by atoms with Crippen molar-refractivity contribution in [1.82, 2.24) is 5.48 Å². The Morgan fingerprint density at radius 1 is 0.897 bits per heavy atom. The summed E-state index contributed by atoms with van der Waals surface area (Å²) >= 11 is 0. The molecule has 0 radical (unpaired) electrons. The molecule has 0 aromatic heterocycles. The quantitative estimate of drug-likeness (QED) is 0.367. The normalized spacial score (nSPS) is 10.3. The average molecular weight is 402 g/mol. The Balaban J connectivity index is 2.79. The molecule has 2 aliphatic rings. The fourth-order valence-corrected chi connectivity index (χ4v) is 2.92. The van der Waals surface area contributed by atoms with Crippen molar-refractivity contribution in [3.8, 4) is 11.1 Å². The van der Waals surface area contributed by atoms with E-state index in [-0.39, 0.29) is 36.4 Å². The molecule has 0 aromatic carbocycles. The van der Waals surface area contributed by atoms with Crippen molar-refractivity contribution in [3.05, 3.63) is 41.0 Å². The van der Waals surface area contributed by atoms with Gasteiger partial charge in [0.1, 0.15) is 0 Å². The maximum Gasteiger partial charge on any atom is 0.340 e. The van der Waals surface area contributed by atoms with Crippen LogP contribution < -0.4 is 10.8 Å². The number of hydrogen-bond donors (Lipinski definition) is 3. The number of hydroxylamine groups is 1. The predicted octanol–water partition coefficient (Wildman–Crippen LogP) is 2.15. The van der Waals surface area contributed by atoms with Crippen LogP contribution in [0.3, 0.4) is 0 Å². The first kappa shape index (κ1) is 21.8. The van der Waals surface area contributed by atoms with Crippen molar-refractivity contribution in [3.63, 3.8) is 0 Å². The topological polar surface area (TPSA) is 131 Å². The van der Waals surface area contributed by atoms with Crippen molar-refractivity contribution >= 4 is 29.4 Å². The molecule has 0 aliphatic heterocycles. The maximum atomic E-state index is 12.6. The average Bonchev–Trinajstić information content (AvgIpc) is 2.82. The minimum Gasteiger partial charge on any atom is -0.462 e. The molecule has 0 spiro atoms. The van der Waals surface area contributed by atoms with Gasteiger partial charge in [-0.2, -0.15) is 0 Å². The van der Waals surface area contributed by atoms with E-state index in [9.17, 15) is 19.2 Å². The standard InChI is InChI=1S/C20H22N2O7/c1-4-28-19(25)16-13-8-6-12(10-15(24)22-27)7-9-14(13)17(20(26)29-5-2)18(16)21-11(3)23/h6-9,27H,4-5,10H2,1-3H3,(H,21,23)(H,22,24). The van der Waals surface area contributed by atoms with Gasteiger partial charge >= 0.3 is 11.9 Å². The van der Waals surface area contributed by atoms with E-state index >= 15 is 0 Å². The first-order valence-electron chi connectivity index (χ1n) is 8.97. The second-order valence-electron chi connectivity index (χ2n) is 6.03. The first-order chi connectivity index (χ1) is 13.8. The van der Waals surface area contributed by atoms with Crippen LogP contribution in [-0.4, -0.2) is 42.2 Å². The minimum absolute atomic E-state index is 0.0188. The van der Waals surface area contributed by atoms with Gasteiger partial charge in [0.05, 0.1) is 36.4 Å². The molecule has 0 heterocycles. The van der Waals surface area contributed by atoms with E-state index in [1.807, 2.05) is 0 Å². The largest absolute Gasteiger partial charge is 0.462 e. The number of carbonyl (C=O) groups is 4. The zero-order valence-corrected chi connectivity index (χ0v) is 16.3. The number of amides is 2. The molecule has 0 fully saturated rings. The van der Waals surface area contributed by atoms with Crippen LogP contribution in [0.2, 0.25) is 0 Å². The molecule has 154 valence electrons. The van der Waals surface area contributed by atoms with Crippen LogP contribution in [0.25, 0.3) is 11.1 Å². The van der Waals surface area contributed by atoms with Gasteiger partial charge in [-0.25, -0.2) is 15.1 Å². The smallest absolute Gasteiger partial charge is 0.340 e. The maximum absolute atomic E-state index is 12.6. The van der Waals surface area contributed by atoms with Gasteiger partial charge < -0.3 is 14.8 Å². The molecule has 0 aromatic rings. The highest BCUT2D eigenvalue weighted by molar-refractivity contribution is 6.18. The number of esters is 2. The number of ether oxygens (including phenoxy) is 2. The fraction of sp³-hybridized carbons (Fsp3) is 0.300. The lowest BCUT2D eigenvalue weighted by atomic mass is 10.1. The third-order valence-electron chi connectivity index (χ3n) is 4.01. The SMILES string of the molecule is CCOC(=O)c1c2ccc(CC(=O)NO)ccc-2c(C(=O)OCC)c1NC(C)=O. The summed E-state index contributed by atoms with van der Waals surface area (Å²) in [6, 6.07) is 6.25. The molecule has 2 rings (SSSR count). The highest BCUT2D eigenvalue weighted by atomic mass is 16.5. The minimum atomic E-state index is -0.711. The molecular formula is C20H22N2O7. The second kappa shape index (κ2) is 9.65. The van der Waals surface area contributed by atoms with Crippen molar-refractivity contribution < 1.29 is 33.9 Å². The molecule has 3 N–H and O–H groups in total. The first-order valence-corrected chi connectivity index (χ1v) is 8.97. The lowest BCUT2D eigenvalue weighted by Gasteiger charge is -2.08. The Hall–Kier alpha value is -3.46. The fourth-order valence-electron chi connectivity index (χ4n) is 2.92. The van der Waals surface area contributed by atoms with E-state index in [4.69, 9.17) is 14.7 Å². The van der Waals surface area contributed by atoms with Crippen LogP contribution >= 0.6 is 0 Å². The Morgan fingerprint density at radius 3 is 1.76 bits per heavy atom. The third-order valence-corrected chi connectivity index (χ3v) is 4.01. The highest BCUT2D eigenvalue weighted by Gasteiger charge is 2.32. The van der Waals surface area contributed by atoms with Crippen LogP contribution in [0.5, 0.6) is 0 Å². The molecule has 29 heavy (non-hydrogen) atoms. The van der Waals surface area contributed by atoms with Gasteiger partial charge in [0.25, 0.3) is 0 Å². The van der Waals surface area contributed by atoms with Gasteiger partial charge in [0.2, 0.25) is 11.8 Å². The van der Waals surface area contributed by atoms with Gasteiger partial charge in [-0.3, -0.25) is 14.8 Å². The summed E-state index contributed by atoms with van der Waals surface area (Å²) in [6.07, 6.45) is -0.115. The monoisotopic (exact) mass is 402 g/mol. The Bertz CT molecular complexity index is 868. The van der Waals surface area contributed by atoms with E-state index in [0.29, 0.717) is 16.7 Å². The molecule has 0 unspecified atom stereocenters. The van der Waals surface area contributed by atoms with E-state index in [2.05, 4.69) is 5.32 Å². The molecule has 0 saturated carbocycles. The van der Waals surface area contributed by atoms with E-state index in [1.165, 1.54) is 6.92 Å². The number of carbonyl (C=O) groups excluding carboxylic acids is 4. The van der Waals surface area contributed by atoms with Gasteiger partial charge in [0.15, 0.2) is 0 Å². The van der Waals surface area contributed by atoms with Gasteiger partial charge in [-0.1, -0.05) is 24.3 Å². The molecule has 0 saturated heterocycles. The lowest BCUT2D eigenvalue weighted by Crippen LogP contribution is -2.20. The van der Waals surface area contributed by atoms with Crippen molar-refractivity contribution in [1.29, 1.82) is 0 Å². The molecular weight excluding hydrogens is 380 g/mol. The van der Waals surface area contributed by atoms with Crippen LogP contribution in [0.4, 0.5) is 5.69 Å². The summed E-state index contributed by atoms with van der Waals surface area (Å²) in [5, 5.41) is 11.3. The van der Waals surface area contributed by atoms with Crippen LogP contribution in [0, 0.1) is 0 Å². The third kappa shape index (κ3) is 4.88. The lowest BCUT2D eigenvalue weighted by molar-refractivity contribution is -0.128. The van der Waals surface area contributed by atoms with Gasteiger partial charge in [0, 0.05) is 6.92 Å². The summed E-state index contributed by atoms with van der Waals surface area (Å²) in [5.41, 5.74) is 2.84. The zero-order chi connectivity index (χ0) is 21.6. The summed E-state index contributed by atoms with van der Waals surface area (Å²) in [7, 11) is 0. The van der Waals surface area contributed by atoms with Crippen molar-refractivity contribution in [2.45, 2.75) is 27.2 Å². The van der Waals surface area contributed by atoms with Crippen LogP contribution in [0.15, 0.2) is 24.3 Å². The highest BCUT2D eigenvalue weighted by Crippen LogP contribution is 2.41. The summed E-state index contributed by atoms with van der Waals surface area (Å²) in [5.74, 6) is -2.51. The van der Waals surface area contributed by atoms with Gasteiger partial charge in [-0.05, 0) is 30.5 Å². The zero-order valence-electron chi connectivity index (χ0n) is 16.3. The Labute approximate surface area is 167 Å². The van der Waals surface area contributed by atoms with Crippen molar-refractivity contribution in [2.24, 2.45) is 0 Å². The van der Waals surface area contributed by atoms with E-state index in [0.717, 1.165) is 0 Å². The van der Waals surface area contributed by atoms with E-state index < -0.39 is 23.8 Å². The molecule has 0 bridgehead atoms. The predicted molar refractivity (Wildman–Crippen MR) is 103 cm³/mol. The second-order valence-corrected chi connectivity index (χ2v) is 6.03. The summed E-state index contributed by atoms with van der Waals surface area (Å²) in [4.78, 5) is 48.5. The molecule has 0 atom stereocenters. The van der Waals surface area contributed by atoms with Crippen molar-refractivity contribution in [2.75, 3.05) is 18.5 Å². The van der Waals surface area contributed by atoms with Gasteiger partial charge in [-0.15, -0.1) is 0 Å². The number of rotatable bonds is 7. The number of anilines is 1. The Morgan fingerprint density at radius 2 is 1.38 bits per heavy atom. The Kier molecular flexibility index (Phi) is 7.27. The van der Waals surface area contributed by atoms with Crippen LogP contribution in [-0.2, 0) is 25.5 Å². The molecule has 9 heteroatoms. The van der Waals surface area contributed by atoms with Crippen LogP contribution in [0.1, 0.15) is 47.1 Å². The number of nitrogens with one attached hydrogen (secondary N) is 2. The number of hydrogen-bond acceptors (Lipinski definition) is 7. The summed E-state index contributed by atoms with van der Waals surface area (Å²) in [6.45, 7) is 4.73. The molecule has 9 nitrogen and oxygen atoms in total. The molecule has 2 amide bonds. The number of fused-ring (bicyclic) bond motifs is 1. The summed E-state index contributed by atoms with van der Waals surface area (Å²) < 4.78 is 10.2. The molecule has 2 aliphatic carbocycles.